The van der Waals surface area contributed by atoms with Crippen molar-refractivity contribution in [2.75, 3.05) is 0 Å². The van der Waals surface area contributed by atoms with Crippen LogP contribution in [0.4, 0.5) is 0 Å². The van der Waals surface area contributed by atoms with Crippen LogP contribution in [0.3, 0.4) is 0 Å². The minimum Gasteiger partial charge on any atom is -0.316 e. The predicted molar refractivity (Wildman–Crippen MR) is 40.7 cm³/mol. The second kappa shape index (κ2) is 1.98. The zero-order chi connectivity index (χ0) is 7.84. The molecule has 0 radical (unpaired) electrons. The van der Waals surface area contributed by atoms with Gasteiger partial charge < -0.3 is 5.32 Å². The summed E-state index contributed by atoms with van der Waals surface area (Å²) < 4.78 is 0. The van der Waals surface area contributed by atoms with E-state index in [1.165, 1.54) is 6.34 Å². The van der Waals surface area contributed by atoms with Crippen LogP contribution in [0.1, 0.15) is 6.92 Å². The van der Waals surface area contributed by atoms with Crippen molar-refractivity contribution in [1.82, 2.24) is 5.32 Å². The maximum absolute atomic E-state index is 11.1. The topological polar surface area (TPSA) is 66.2 Å². The Morgan fingerprint density at radius 1 is 1.55 bits per heavy atom. The standard InChI is InChI=1S/C6H6N4O/c1-3-4-5(10-9-3)7-2-8-6(4)11/h2,4H,1H3,(H,7,8,10,11). The Balaban J connectivity index is 2.42. The molecule has 1 N–H and O–H groups in total. The van der Waals surface area contributed by atoms with E-state index in [0.29, 0.717) is 11.5 Å². The Labute approximate surface area is 62.9 Å². The third-order valence-electron chi connectivity index (χ3n) is 1.65. The molecular weight excluding hydrogens is 144 g/mol. The Morgan fingerprint density at radius 3 is 3.09 bits per heavy atom. The number of carbonyl (C=O) groups is 1. The van der Waals surface area contributed by atoms with Crippen LogP contribution < -0.4 is 5.32 Å². The molecule has 0 aromatic rings. The van der Waals surface area contributed by atoms with E-state index in [9.17, 15) is 4.79 Å². The van der Waals surface area contributed by atoms with Gasteiger partial charge in [-0.2, -0.15) is 5.10 Å². The number of fused-ring (bicyclic) bond motifs is 1. The quantitative estimate of drug-likeness (QED) is 0.499. The van der Waals surface area contributed by atoms with Crippen molar-refractivity contribution < 1.29 is 4.79 Å². The maximum atomic E-state index is 11.1. The molecule has 0 aromatic heterocycles. The molecule has 2 heterocycles. The molecule has 2 aliphatic rings. The fourth-order valence-corrected chi connectivity index (χ4v) is 1.09. The number of amides is 1. The molecule has 0 bridgehead atoms. The highest BCUT2D eigenvalue weighted by Crippen LogP contribution is 2.14. The van der Waals surface area contributed by atoms with Gasteiger partial charge in [0.2, 0.25) is 5.91 Å². The van der Waals surface area contributed by atoms with Gasteiger partial charge in [-0.3, -0.25) is 4.79 Å². The first kappa shape index (κ1) is 6.21. The lowest BCUT2D eigenvalue weighted by Gasteiger charge is -2.12. The van der Waals surface area contributed by atoms with Crippen LogP contribution in [-0.2, 0) is 4.79 Å². The van der Waals surface area contributed by atoms with Crippen molar-refractivity contribution >= 4 is 23.8 Å². The van der Waals surface area contributed by atoms with Gasteiger partial charge in [0.25, 0.3) is 0 Å². The van der Waals surface area contributed by atoms with E-state index in [-0.39, 0.29) is 11.8 Å². The maximum Gasteiger partial charge on any atom is 0.241 e. The van der Waals surface area contributed by atoms with Crippen LogP contribution >= 0.6 is 0 Å². The molecule has 5 heteroatoms. The Morgan fingerprint density at radius 2 is 2.36 bits per heavy atom. The van der Waals surface area contributed by atoms with Crippen LogP contribution in [0.2, 0.25) is 0 Å². The van der Waals surface area contributed by atoms with E-state index in [1.54, 1.807) is 6.92 Å². The summed E-state index contributed by atoms with van der Waals surface area (Å²) in [7, 11) is 0. The second-order valence-electron chi connectivity index (χ2n) is 2.40. The first-order valence-corrected chi connectivity index (χ1v) is 3.24. The predicted octanol–water partition coefficient (Wildman–Crippen LogP) is -0.451. The Hall–Kier alpha value is -1.52. The van der Waals surface area contributed by atoms with Gasteiger partial charge in [0, 0.05) is 0 Å². The first-order chi connectivity index (χ1) is 5.29. The number of hydrogen-bond donors (Lipinski definition) is 1. The highest BCUT2D eigenvalue weighted by molar-refractivity contribution is 6.27. The average molecular weight is 150 g/mol. The molecule has 0 saturated heterocycles. The average Bonchev–Trinajstić information content (AvgIpc) is 2.34. The summed E-state index contributed by atoms with van der Waals surface area (Å²) in [6, 6.07) is 0. The van der Waals surface area contributed by atoms with E-state index in [2.05, 4.69) is 20.5 Å². The van der Waals surface area contributed by atoms with E-state index in [1.807, 2.05) is 0 Å². The minimum atomic E-state index is -0.347. The fourth-order valence-electron chi connectivity index (χ4n) is 1.09. The van der Waals surface area contributed by atoms with Crippen LogP contribution in [0.5, 0.6) is 0 Å². The van der Waals surface area contributed by atoms with E-state index in [0.717, 1.165) is 0 Å². The molecule has 0 spiro atoms. The number of nitrogens with one attached hydrogen (secondary N) is 1. The largest absolute Gasteiger partial charge is 0.316 e. The summed E-state index contributed by atoms with van der Waals surface area (Å²) in [5, 5.41) is 9.99. The Bertz CT molecular complexity index is 302. The molecule has 1 amide bonds. The van der Waals surface area contributed by atoms with Gasteiger partial charge in [-0.15, -0.1) is 5.10 Å². The van der Waals surface area contributed by atoms with Crippen LogP contribution in [0.15, 0.2) is 15.2 Å². The number of amidine groups is 1. The number of aliphatic imine (C=N–C) groups is 1. The van der Waals surface area contributed by atoms with Crippen molar-refractivity contribution in [3.8, 4) is 0 Å². The van der Waals surface area contributed by atoms with Gasteiger partial charge in [0.15, 0.2) is 5.84 Å². The van der Waals surface area contributed by atoms with E-state index < -0.39 is 0 Å². The second-order valence-corrected chi connectivity index (χ2v) is 2.40. The lowest BCUT2D eigenvalue weighted by molar-refractivity contribution is -0.120. The van der Waals surface area contributed by atoms with Crippen molar-refractivity contribution in [3.05, 3.63) is 0 Å². The van der Waals surface area contributed by atoms with Crippen molar-refractivity contribution in [3.63, 3.8) is 0 Å². The van der Waals surface area contributed by atoms with Gasteiger partial charge in [0.1, 0.15) is 5.92 Å². The van der Waals surface area contributed by atoms with Crippen LogP contribution in [-0.4, -0.2) is 23.8 Å². The molecule has 0 aliphatic carbocycles. The summed E-state index contributed by atoms with van der Waals surface area (Å²) in [6.45, 7) is 1.77. The summed E-state index contributed by atoms with van der Waals surface area (Å²) >= 11 is 0. The third kappa shape index (κ3) is 0.772. The minimum absolute atomic E-state index is 0.0995. The van der Waals surface area contributed by atoms with E-state index in [4.69, 9.17) is 0 Å². The fraction of sp³-hybridized carbons (Fsp3) is 0.333. The monoisotopic (exact) mass is 150 g/mol. The van der Waals surface area contributed by atoms with Gasteiger partial charge in [0.05, 0.1) is 12.1 Å². The van der Waals surface area contributed by atoms with Crippen LogP contribution in [0, 0.1) is 5.92 Å². The normalized spacial score (nSPS) is 27.4. The lowest BCUT2D eigenvalue weighted by Crippen LogP contribution is -2.40. The molecule has 56 valence electrons. The third-order valence-corrected chi connectivity index (χ3v) is 1.65. The highest BCUT2D eigenvalue weighted by Gasteiger charge is 2.32. The highest BCUT2D eigenvalue weighted by atomic mass is 16.2. The summed E-state index contributed by atoms with van der Waals surface area (Å²) in [4.78, 5) is 15.0. The number of carbonyl (C=O) groups excluding carboxylic acids is 1. The zero-order valence-electron chi connectivity index (χ0n) is 5.90. The summed E-state index contributed by atoms with van der Waals surface area (Å²) in [5.41, 5.74) is 0.703. The number of rotatable bonds is 0. The number of nitrogens with zero attached hydrogens (tertiary/aromatic N) is 3. The molecule has 0 fully saturated rings. The molecule has 5 nitrogen and oxygen atoms in total. The molecule has 0 saturated carbocycles. The smallest absolute Gasteiger partial charge is 0.241 e. The molecule has 1 unspecified atom stereocenters. The van der Waals surface area contributed by atoms with Gasteiger partial charge in [-0.05, 0) is 6.92 Å². The first-order valence-electron chi connectivity index (χ1n) is 3.24. The van der Waals surface area contributed by atoms with E-state index >= 15 is 0 Å². The Kier molecular flexibility index (Phi) is 1.12. The zero-order valence-corrected chi connectivity index (χ0v) is 5.90. The number of hydrogen-bond acceptors (Lipinski definition) is 4. The summed E-state index contributed by atoms with van der Waals surface area (Å²) in [5.74, 6) is 0.0451. The molecule has 2 aliphatic heterocycles. The SMILES string of the molecule is CC1=NN=C2N=CNC(=O)C12. The summed E-state index contributed by atoms with van der Waals surface area (Å²) in [6.07, 6.45) is 1.34. The van der Waals surface area contributed by atoms with Gasteiger partial charge >= 0.3 is 0 Å². The molecule has 1 atom stereocenters. The van der Waals surface area contributed by atoms with Crippen molar-refractivity contribution in [1.29, 1.82) is 0 Å². The molecular formula is C6H6N4O. The molecule has 2 rings (SSSR count). The van der Waals surface area contributed by atoms with Gasteiger partial charge in [-0.1, -0.05) is 0 Å². The molecule has 11 heavy (non-hydrogen) atoms. The molecule has 0 aromatic carbocycles. The van der Waals surface area contributed by atoms with Crippen molar-refractivity contribution in [2.45, 2.75) is 6.92 Å². The van der Waals surface area contributed by atoms with Crippen LogP contribution in [0.25, 0.3) is 0 Å². The van der Waals surface area contributed by atoms with Gasteiger partial charge in [-0.25, -0.2) is 4.99 Å². The van der Waals surface area contributed by atoms with Crippen molar-refractivity contribution in [2.24, 2.45) is 21.1 Å². The lowest BCUT2D eigenvalue weighted by atomic mass is 10.0.